The van der Waals surface area contributed by atoms with Gasteiger partial charge < -0.3 is 10.2 Å². The van der Waals surface area contributed by atoms with Crippen LogP contribution in [-0.4, -0.2) is 48.6 Å². The van der Waals surface area contributed by atoms with Gasteiger partial charge in [-0.1, -0.05) is 5.92 Å². The van der Waals surface area contributed by atoms with Crippen LogP contribution in [0.25, 0.3) is 0 Å². The van der Waals surface area contributed by atoms with Crippen LogP contribution in [0, 0.1) is 18.3 Å². The Kier molecular flexibility index (Phi) is 4.37. The predicted octanol–water partition coefficient (Wildman–Crippen LogP) is 1.04. The second-order valence-electron chi connectivity index (χ2n) is 4.46. The molecule has 0 aromatic rings. The Balaban J connectivity index is 1.61. The first-order valence-corrected chi connectivity index (χ1v) is 7.02. The monoisotopic (exact) mass is 224 g/mol. The second-order valence-corrected chi connectivity index (χ2v) is 5.56. The molecule has 2 nitrogen and oxygen atoms in total. The molecule has 0 amide bonds. The molecule has 15 heavy (non-hydrogen) atoms. The third-order valence-corrected chi connectivity index (χ3v) is 4.36. The van der Waals surface area contributed by atoms with E-state index < -0.39 is 0 Å². The molecule has 0 aliphatic carbocycles. The fourth-order valence-electron chi connectivity index (χ4n) is 2.64. The molecule has 1 unspecified atom stereocenters. The van der Waals surface area contributed by atoms with Crippen molar-refractivity contribution in [1.82, 2.24) is 10.2 Å². The predicted molar refractivity (Wildman–Crippen MR) is 67.1 cm³/mol. The largest absolute Gasteiger partial charge is 0.312 e. The van der Waals surface area contributed by atoms with Crippen molar-refractivity contribution >= 4 is 11.8 Å². The zero-order valence-corrected chi connectivity index (χ0v) is 10.1. The van der Waals surface area contributed by atoms with E-state index in [0.717, 1.165) is 30.0 Å². The summed E-state index contributed by atoms with van der Waals surface area (Å²) in [5.41, 5.74) is 0. The summed E-state index contributed by atoms with van der Waals surface area (Å²) in [6.45, 7) is 5.04. The van der Waals surface area contributed by atoms with Crippen LogP contribution in [-0.2, 0) is 0 Å². The Labute approximate surface area is 97.2 Å². The van der Waals surface area contributed by atoms with E-state index in [4.69, 9.17) is 6.42 Å². The minimum absolute atomic E-state index is 0.749. The normalized spacial score (nSPS) is 33.9. The molecular weight excluding hydrogens is 204 g/mol. The molecule has 3 rings (SSSR count). The molecule has 0 saturated carbocycles. The average Bonchev–Trinajstić information content (AvgIpc) is 2.30. The molecule has 3 saturated heterocycles. The van der Waals surface area contributed by atoms with Crippen molar-refractivity contribution < 1.29 is 0 Å². The van der Waals surface area contributed by atoms with Gasteiger partial charge in [-0.2, -0.15) is 0 Å². The topological polar surface area (TPSA) is 15.3 Å². The Morgan fingerprint density at radius 1 is 1.40 bits per heavy atom. The lowest BCUT2D eigenvalue weighted by Gasteiger charge is -2.45. The summed E-state index contributed by atoms with van der Waals surface area (Å²) in [6.07, 6.45) is 8.00. The molecule has 1 N–H and O–H groups in total. The Morgan fingerprint density at radius 3 is 2.80 bits per heavy atom. The van der Waals surface area contributed by atoms with Crippen molar-refractivity contribution in [3.05, 3.63) is 0 Å². The Morgan fingerprint density at radius 2 is 2.20 bits per heavy atom. The van der Waals surface area contributed by atoms with Gasteiger partial charge in [0, 0.05) is 24.9 Å². The summed E-state index contributed by atoms with van der Waals surface area (Å²) in [5, 5.41) is 3.68. The van der Waals surface area contributed by atoms with Crippen molar-refractivity contribution in [3.8, 4) is 12.3 Å². The molecule has 3 heterocycles. The van der Waals surface area contributed by atoms with Crippen LogP contribution in [0.2, 0.25) is 0 Å². The minimum Gasteiger partial charge on any atom is -0.312 e. The minimum atomic E-state index is 0.749. The molecule has 0 aromatic heterocycles. The van der Waals surface area contributed by atoms with Gasteiger partial charge in [0.15, 0.2) is 0 Å². The van der Waals surface area contributed by atoms with Crippen LogP contribution >= 0.6 is 11.8 Å². The van der Waals surface area contributed by atoms with Crippen molar-refractivity contribution in [2.75, 3.05) is 37.7 Å². The zero-order chi connectivity index (χ0) is 10.5. The van der Waals surface area contributed by atoms with Crippen molar-refractivity contribution in [3.63, 3.8) is 0 Å². The van der Waals surface area contributed by atoms with Crippen LogP contribution < -0.4 is 5.32 Å². The maximum Gasteiger partial charge on any atom is 0.0545 e. The number of piperidine rings is 3. The molecule has 84 valence electrons. The van der Waals surface area contributed by atoms with Gasteiger partial charge in [0.25, 0.3) is 0 Å². The van der Waals surface area contributed by atoms with E-state index in [2.05, 4.69) is 16.1 Å². The number of rotatable bonds is 5. The highest BCUT2D eigenvalue weighted by atomic mass is 32.2. The highest BCUT2D eigenvalue weighted by molar-refractivity contribution is 7.99. The SMILES string of the molecule is C#CCSCCNC1CN2CCC1CC2. The van der Waals surface area contributed by atoms with Gasteiger partial charge in [0.1, 0.15) is 0 Å². The maximum atomic E-state index is 5.21. The van der Waals surface area contributed by atoms with Crippen molar-refractivity contribution in [1.29, 1.82) is 0 Å². The van der Waals surface area contributed by atoms with E-state index in [0.29, 0.717) is 0 Å². The van der Waals surface area contributed by atoms with Gasteiger partial charge >= 0.3 is 0 Å². The lowest BCUT2D eigenvalue weighted by Crippen LogP contribution is -2.56. The molecule has 1 atom stereocenters. The number of hydrogen-bond acceptors (Lipinski definition) is 3. The quantitative estimate of drug-likeness (QED) is 0.555. The van der Waals surface area contributed by atoms with Crippen LogP contribution in [0.15, 0.2) is 0 Å². The van der Waals surface area contributed by atoms with E-state index in [1.807, 2.05) is 11.8 Å². The third kappa shape index (κ3) is 3.14. The lowest BCUT2D eigenvalue weighted by molar-refractivity contribution is 0.0738. The summed E-state index contributed by atoms with van der Waals surface area (Å²) in [4.78, 5) is 2.59. The van der Waals surface area contributed by atoms with Gasteiger partial charge in [-0.25, -0.2) is 0 Å². The van der Waals surface area contributed by atoms with Crippen molar-refractivity contribution in [2.45, 2.75) is 18.9 Å². The molecule has 0 radical (unpaired) electrons. The molecule has 0 spiro atoms. The summed E-state index contributed by atoms with van der Waals surface area (Å²) in [5.74, 6) is 5.59. The van der Waals surface area contributed by atoms with E-state index in [1.54, 1.807) is 0 Å². The van der Waals surface area contributed by atoms with Gasteiger partial charge in [-0.05, 0) is 31.8 Å². The second kappa shape index (κ2) is 5.79. The highest BCUT2D eigenvalue weighted by Crippen LogP contribution is 2.27. The molecular formula is C12H20N2S. The van der Waals surface area contributed by atoms with Gasteiger partial charge in [0.2, 0.25) is 0 Å². The number of thioether (sulfide) groups is 1. The van der Waals surface area contributed by atoms with E-state index in [1.165, 1.54) is 32.5 Å². The van der Waals surface area contributed by atoms with Gasteiger partial charge in [0.05, 0.1) is 5.75 Å². The molecule has 3 fully saturated rings. The molecule has 2 bridgehead atoms. The number of terminal acetylenes is 1. The number of hydrogen-bond donors (Lipinski definition) is 1. The Bertz CT molecular complexity index is 228. The zero-order valence-electron chi connectivity index (χ0n) is 9.24. The highest BCUT2D eigenvalue weighted by Gasteiger charge is 2.33. The molecule has 3 aliphatic rings. The fourth-order valence-corrected chi connectivity index (χ4v) is 3.17. The third-order valence-electron chi connectivity index (χ3n) is 3.49. The number of nitrogens with one attached hydrogen (secondary N) is 1. The standard InChI is InChI=1S/C12H20N2S/c1-2-8-15-9-5-13-12-10-14-6-3-11(12)4-7-14/h1,11-13H,3-10H2. The smallest absolute Gasteiger partial charge is 0.0545 e. The van der Waals surface area contributed by atoms with E-state index >= 15 is 0 Å². The first kappa shape index (κ1) is 11.3. The van der Waals surface area contributed by atoms with Crippen LogP contribution in [0.5, 0.6) is 0 Å². The number of nitrogens with zero attached hydrogens (tertiary/aromatic N) is 1. The van der Waals surface area contributed by atoms with Crippen LogP contribution in [0.1, 0.15) is 12.8 Å². The molecule has 3 heteroatoms. The summed E-state index contributed by atoms with van der Waals surface area (Å²) >= 11 is 1.85. The fraction of sp³-hybridized carbons (Fsp3) is 0.833. The average molecular weight is 224 g/mol. The van der Waals surface area contributed by atoms with Crippen molar-refractivity contribution in [2.24, 2.45) is 5.92 Å². The molecule has 0 aromatic carbocycles. The summed E-state index contributed by atoms with van der Waals surface area (Å²) in [7, 11) is 0. The Hall–Kier alpha value is -0.170. The van der Waals surface area contributed by atoms with E-state index in [-0.39, 0.29) is 0 Å². The summed E-state index contributed by atoms with van der Waals surface area (Å²) in [6, 6.07) is 0.749. The maximum absolute atomic E-state index is 5.21. The summed E-state index contributed by atoms with van der Waals surface area (Å²) < 4.78 is 0. The first-order valence-electron chi connectivity index (χ1n) is 5.87. The van der Waals surface area contributed by atoms with Crippen LogP contribution in [0.4, 0.5) is 0 Å². The van der Waals surface area contributed by atoms with Gasteiger partial charge in [-0.3, -0.25) is 0 Å². The molecule has 3 aliphatic heterocycles. The van der Waals surface area contributed by atoms with Crippen LogP contribution in [0.3, 0.4) is 0 Å². The van der Waals surface area contributed by atoms with Gasteiger partial charge in [-0.15, -0.1) is 18.2 Å². The number of fused-ring (bicyclic) bond motifs is 3. The first-order chi connectivity index (χ1) is 7.40. The van der Waals surface area contributed by atoms with E-state index in [9.17, 15) is 0 Å². The lowest BCUT2D eigenvalue weighted by atomic mass is 9.84.